The van der Waals surface area contributed by atoms with Crippen LogP contribution in [0.3, 0.4) is 0 Å². The molecule has 16 heavy (non-hydrogen) atoms. The van der Waals surface area contributed by atoms with Crippen molar-refractivity contribution < 1.29 is 17.2 Å². The summed E-state index contributed by atoms with van der Waals surface area (Å²) in [5, 5.41) is 0. The fourth-order valence-electron chi connectivity index (χ4n) is 1.14. The summed E-state index contributed by atoms with van der Waals surface area (Å²) in [5.74, 6) is -2.39. The van der Waals surface area contributed by atoms with Crippen LogP contribution in [0.25, 0.3) is 0 Å². The van der Waals surface area contributed by atoms with E-state index in [1.165, 1.54) is 0 Å². The molecule has 0 saturated carbocycles. The smallest absolute Gasteiger partial charge is 0.246 e. The lowest BCUT2D eigenvalue weighted by molar-refractivity contribution is 0.514. The van der Waals surface area contributed by atoms with Crippen molar-refractivity contribution in [3.8, 4) is 0 Å². The second-order valence-electron chi connectivity index (χ2n) is 3.21. The zero-order valence-electron chi connectivity index (χ0n) is 8.63. The fraction of sp³-hybridized carbons (Fsp3) is 0.333. The standard InChI is InChI=1S/C9H12F2N2O2S/c1-2-3-13-16(14,15)9-7(10)4-6(12)5-8(9)11/h4-5,13H,2-3,12H2,1H3. The van der Waals surface area contributed by atoms with Gasteiger partial charge in [0.15, 0.2) is 4.90 Å². The Labute approximate surface area is 92.5 Å². The van der Waals surface area contributed by atoms with Crippen molar-refractivity contribution in [3.63, 3.8) is 0 Å². The van der Waals surface area contributed by atoms with E-state index in [4.69, 9.17) is 5.73 Å². The van der Waals surface area contributed by atoms with E-state index in [0.717, 1.165) is 12.1 Å². The number of hydrogen-bond donors (Lipinski definition) is 2. The Balaban J connectivity index is 3.23. The Kier molecular flexibility index (Phi) is 3.82. The van der Waals surface area contributed by atoms with Gasteiger partial charge in [0.05, 0.1) is 0 Å². The van der Waals surface area contributed by atoms with Gasteiger partial charge in [-0.2, -0.15) is 0 Å². The van der Waals surface area contributed by atoms with E-state index >= 15 is 0 Å². The highest BCUT2D eigenvalue weighted by Gasteiger charge is 2.23. The maximum atomic E-state index is 13.3. The Morgan fingerprint density at radius 2 is 1.81 bits per heavy atom. The Morgan fingerprint density at radius 3 is 2.25 bits per heavy atom. The predicted molar refractivity (Wildman–Crippen MR) is 56.2 cm³/mol. The zero-order chi connectivity index (χ0) is 12.3. The molecule has 3 N–H and O–H groups in total. The van der Waals surface area contributed by atoms with Crippen LogP contribution >= 0.6 is 0 Å². The van der Waals surface area contributed by atoms with Gasteiger partial charge in [0.1, 0.15) is 11.6 Å². The summed E-state index contributed by atoms with van der Waals surface area (Å²) in [6.07, 6.45) is 0.525. The van der Waals surface area contributed by atoms with Crippen molar-refractivity contribution >= 4 is 15.7 Å². The van der Waals surface area contributed by atoms with E-state index in [-0.39, 0.29) is 12.2 Å². The van der Waals surface area contributed by atoms with E-state index < -0.39 is 26.6 Å². The third-order valence-electron chi connectivity index (χ3n) is 1.83. The van der Waals surface area contributed by atoms with E-state index in [2.05, 4.69) is 4.72 Å². The Morgan fingerprint density at radius 1 is 1.31 bits per heavy atom. The highest BCUT2D eigenvalue weighted by atomic mass is 32.2. The summed E-state index contributed by atoms with van der Waals surface area (Å²) in [6.45, 7) is 1.85. The molecule has 0 aliphatic carbocycles. The highest BCUT2D eigenvalue weighted by molar-refractivity contribution is 7.89. The number of anilines is 1. The average molecular weight is 250 g/mol. The highest BCUT2D eigenvalue weighted by Crippen LogP contribution is 2.21. The first-order valence-electron chi connectivity index (χ1n) is 4.62. The van der Waals surface area contributed by atoms with Gasteiger partial charge < -0.3 is 5.73 Å². The fourth-order valence-corrected chi connectivity index (χ4v) is 2.39. The molecule has 0 unspecified atom stereocenters. The van der Waals surface area contributed by atoms with Crippen LogP contribution in [-0.4, -0.2) is 15.0 Å². The van der Waals surface area contributed by atoms with Gasteiger partial charge in [0.25, 0.3) is 0 Å². The molecular formula is C9H12F2N2O2S. The molecule has 1 aromatic carbocycles. The lowest BCUT2D eigenvalue weighted by atomic mass is 10.3. The maximum Gasteiger partial charge on any atom is 0.246 e. The SMILES string of the molecule is CCCNS(=O)(=O)c1c(F)cc(N)cc1F. The maximum absolute atomic E-state index is 13.3. The van der Waals surface area contributed by atoms with E-state index in [1.54, 1.807) is 6.92 Å². The predicted octanol–water partition coefficient (Wildman–Crippen LogP) is 1.24. The topological polar surface area (TPSA) is 72.2 Å². The van der Waals surface area contributed by atoms with Gasteiger partial charge in [0, 0.05) is 12.2 Å². The minimum atomic E-state index is -4.16. The van der Waals surface area contributed by atoms with Gasteiger partial charge in [-0.15, -0.1) is 0 Å². The van der Waals surface area contributed by atoms with Crippen molar-refractivity contribution in [2.45, 2.75) is 18.2 Å². The van der Waals surface area contributed by atoms with Crippen LogP contribution in [-0.2, 0) is 10.0 Å². The van der Waals surface area contributed by atoms with Gasteiger partial charge in [0.2, 0.25) is 10.0 Å². The summed E-state index contributed by atoms with van der Waals surface area (Å²) < 4.78 is 51.7. The van der Waals surface area contributed by atoms with Gasteiger partial charge in [-0.25, -0.2) is 21.9 Å². The first-order valence-corrected chi connectivity index (χ1v) is 6.11. The number of halogens is 2. The molecule has 1 aromatic rings. The van der Waals surface area contributed by atoms with Crippen LogP contribution in [0.4, 0.5) is 14.5 Å². The van der Waals surface area contributed by atoms with Crippen LogP contribution in [0.1, 0.15) is 13.3 Å². The molecule has 0 atom stereocenters. The molecule has 0 aromatic heterocycles. The van der Waals surface area contributed by atoms with Crippen LogP contribution in [0, 0.1) is 11.6 Å². The van der Waals surface area contributed by atoms with E-state index in [9.17, 15) is 17.2 Å². The number of benzene rings is 1. The molecule has 0 aliphatic heterocycles. The van der Waals surface area contributed by atoms with Crippen molar-refractivity contribution in [3.05, 3.63) is 23.8 Å². The third kappa shape index (κ3) is 2.67. The van der Waals surface area contributed by atoms with E-state index in [1.807, 2.05) is 0 Å². The molecular weight excluding hydrogens is 238 g/mol. The number of rotatable bonds is 4. The number of sulfonamides is 1. The summed E-state index contributed by atoms with van der Waals surface area (Å²) in [4.78, 5) is -0.991. The second-order valence-corrected chi connectivity index (χ2v) is 4.92. The largest absolute Gasteiger partial charge is 0.399 e. The molecule has 0 heterocycles. The molecule has 0 spiro atoms. The summed E-state index contributed by atoms with van der Waals surface area (Å²) in [7, 11) is -4.16. The van der Waals surface area contributed by atoms with Crippen molar-refractivity contribution in [2.24, 2.45) is 0 Å². The molecule has 0 aliphatic rings. The van der Waals surface area contributed by atoms with Crippen molar-refractivity contribution in [2.75, 3.05) is 12.3 Å². The van der Waals surface area contributed by atoms with Crippen molar-refractivity contribution in [1.29, 1.82) is 0 Å². The van der Waals surface area contributed by atoms with Crippen LogP contribution < -0.4 is 10.5 Å². The lowest BCUT2D eigenvalue weighted by Gasteiger charge is -2.08. The quantitative estimate of drug-likeness (QED) is 0.789. The average Bonchev–Trinajstić information content (AvgIpc) is 2.12. The Hall–Kier alpha value is -1.21. The zero-order valence-corrected chi connectivity index (χ0v) is 9.44. The van der Waals surface area contributed by atoms with Crippen LogP contribution in [0.15, 0.2) is 17.0 Å². The number of hydrogen-bond acceptors (Lipinski definition) is 3. The first-order chi connectivity index (χ1) is 7.38. The first kappa shape index (κ1) is 12.9. The minimum absolute atomic E-state index is 0.117. The van der Waals surface area contributed by atoms with Gasteiger partial charge in [-0.05, 0) is 18.6 Å². The molecule has 0 saturated heterocycles. The molecule has 0 amide bonds. The van der Waals surface area contributed by atoms with Gasteiger partial charge in [-0.1, -0.05) is 6.92 Å². The van der Waals surface area contributed by atoms with Gasteiger partial charge in [-0.3, -0.25) is 0 Å². The van der Waals surface area contributed by atoms with Crippen LogP contribution in [0.2, 0.25) is 0 Å². The molecule has 4 nitrogen and oxygen atoms in total. The Bertz CT molecular complexity index is 465. The normalized spacial score (nSPS) is 11.7. The lowest BCUT2D eigenvalue weighted by Crippen LogP contribution is -2.26. The van der Waals surface area contributed by atoms with Gasteiger partial charge >= 0.3 is 0 Å². The minimum Gasteiger partial charge on any atom is -0.399 e. The number of nitrogen functional groups attached to an aromatic ring is 1. The summed E-state index contributed by atoms with van der Waals surface area (Å²) in [5.41, 5.74) is 5.01. The molecule has 0 bridgehead atoms. The molecule has 90 valence electrons. The number of nitrogens with one attached hydrogen (secondary N) is 1. The van der Waals surface area contributed by atoms with Crippen LogP contribution in [0.5, 0.6) is 0 Å². The molecule has 7 heteroatoms. The molecule has 1 rings (SSSR count). The van der Waals surface area contributed by atoms with E-state index in [0.29, 0.717) is 6.42 Å². The molecule has 0 radical (unpaired) electrons. The summed E-state index contributed by atoms with van der Waals surface area (Å²) in [6, 6.07) is 1.53. The summed E-state index contributed by atoms with van der Waals surface area (Å²) >= 11 is 0. The second kappa shape index (κ2) is 4.75. The monoisotopic (exact) mass is 250 g/mol. The molecule has 0 fully saturated rings. The number of nitrogens with two attached hydrogens (primary N) is 1. The van der Waals surface area contributed by atoms with Crippen molar-refractivity contribution in [1.82, 2.24) is 4.72 Å². The third-order valence-corrected chi connectivity index (χ3v) is 3.34.